The van der Waals surface area contributed by atoms with Gasteiger partial charge < -0.3 is 40.2 Å². The van der Waals surface area contributed by atoms with Gasteiger partial charge in [-0.15, -0.1) is 0 Å². The van der Waals surface area contributed by atoms with E-state index in [2.05, 4.69) is 19.9 Å². The molecule has 0 amide bonds. The van der Waals surface area contributed by atoms with E-state index in [0.717, 1.165) is 32.7 Å². The van der Waals surface area contributed by atoms with Gasteiger partial charge in [0.2, 0.25) is 0 Å². The molecule has 0 saturated carbocycles. The summed E-state index contributed by atoms with van der Waals surface area (Å²) in [5.74, 6) is -0.480. The molecule has 1 atom stereocenters. The van der Waals surface area contributed by atoms with Crippen molar-refractivity contribution >= 4 is 11.9 Å². The fourth-order valence-electron chi connectivity index (χ4n) is 2.72. The molecule has 0 bridgehead atoms. The number of carbonyl (C=O) groups excluding carboxylic acids is 2. The minimum atomic E-state index is -0.798. The molecular weight excluding hydrogens is 380 g/mol. The van der Waals surface area contributed by atoms with Gasteiger partial charge in [-0.05, 0) is 6.92 Å². The Morgan fingerprint density at radius 2 is 1.45 bits per heavy atom. The lowest BCUT2D eigenvalue weighted by molar-refractivity contribution is -0.141. The molecule has 0 aliphatic carbocycles. The molecule has 0 aromatic heterocycles. The predicted octanol–water partition coefficient (Wildman–Crippen LogP) is -0.990. The molecule has 1 unspecified atom stereocenters. The van der Waals surface area contributed by atoms with Crippen molar-refractivity contribution in [1.82, 2.24) is 15.1 Å². The molecule has 10 nitrogen and oxygen atoms in total. The second-order valence-electron chi connectivity index (χ2n) is 6.57. The van der Waals surface area contributed by atoms with Crippen LogP contribution in [-0.4, -0.2) is 113 Å². The SMILES string of the molecule is CCOC(O)CCN(CCNCCN(CCN)CCC(=O)OC)CCC(=O)OC. The number of nitrogens with zero attached hydrogens (tertiary/aromatic N) is 2. The van der Waals surface area contributed by atoms with Crippen LogP contribution in [0.4, 0.5) is 0 Å². The molecular formula is C19H40N4O6. The monoisotopic (exact) mass is 420 g/mol. The van der Waals surface area contributed by atoms with E-state index < -0.39 is 6.29 Å². The highest BCUT2D eigenvalue weighted by atomic mass is 16.6. The van der Waals surface area contributed by atoms with Gasteiger partial charge in [0.05, 0.1) is 27.1 Å². The van der Waals surface area contributed by atoms with Crippen LogP contribution in [-0.2, 0) is 23.8 Å². The Balaban J connectivity index is 4.22. The molecule has 0 radical (unpaired) electrons. The molecule has 10 heteroatoms. The van der Waals surface area contributed by atoms with E-state index >= 15 is 0 Å². The molecule has 0 aliphatic heterocycles. The summed E-state index contributed by atoms with van der Waals surface area (Å²) in [6.07, 6.45) is 0.333. The number of hydrogen-bond donors (Lipinski definition) is 3. The maximum atomic E-state index is 11.4. The Labute approximate surface area is 174 Å². The third-order valence-corrected chi connectivity index (χ3v) is 4.43. The first-order chi connectivity index (χ1) is 14.0. The van der Waals surface area contributed by atoms with Gasteiger partial charge in [-0.2, -0.15) is 0 Å². The minimum absolute atomic E-state index is 0.226. The van der Waals surface area contributed by atoms with Crippen LogP contribution in [0.25, 0.3) is 0 Å². The molecule has 0 rings (SSSR count). The van der Waals surface area contributed by atoms with Gasteiger partial charge in [-0.3, -0.25) is 9.59 Å². The van der Waals surface area contributed by atoms with Crippen LogP contribution < -0.4 is 11.1 Å². The number of rotatable bonds is 19. The Kier molecular flexibility index (Phi) is 17.9. The van der Waals surface area contributed by atoms with Gasteiger partial charge >= 0.3 is 11.9 Å². The summed E-state index contributed by atoms with van der Waals surface area (Å²) in [5, 5.41) is 13.1. The van der Waals surface area contributed by atoms with Crippen LogP contribution in [0.1, 0.15) is 26.2 Å². The predicted molar refractivity (Wildman–Crippen MR) is 110 cm³/mol. The quantitative estimate of drug-likeness (QED) is 0.136. The summed E-state index contributed by atoms with van der Waals surface area (Å²) in [4.78, 5) is 26.9. The highest BCUT2D eigenvalue weighted by Crippen LogP contribution is 2.00. The molecule has 0 aromatic carbocycles. The van der Waals surface area contributed by atoms with Crippen LogP contribution in [0.15, 0.2) is 0 Å². The Morgan fingerprint density at radius 1 is 0.931 bits per heavy atom. The summed E-state index contributed by atoms with van der Waals surface area (Å²) in [6, 6.07) is 0. The first-order valence-electron chi connectivity index (χ1n) is 10.3. The standard InChI is InChI=1S/C19H40N4O6/c1-4-29-19(26)7-13-22(11-5-17(24)27-2)15-9-21-10-16-23(14-8-20)12-6-18(25)28-3/h19,21,26H,4-16,20H2,1-3H3. The van der Waals surface area contributed by atoms with Crippen molar-refractivity contribution in [3.8, 4) is 0 Å². The number of methoxy groups -OCH3 is 2. The van der Waals surface area contributed by atoms with Crippen molar-refractivity contribution in [2.45, 2.75) is 32.5 Å². The van der Waals surface area contributed by atoms with E-state index in [4.69, 9.17) is 15.2 Å². The molecule has 0 fully saturated rings. The number of nitrogens with two attached hydrogens (primary N) is 1. The summed E-state index contributed by atoms with van der Waals surface area (Å²) in [5.41, 5.74) is 5.63. The van der Waals surface area contributed by atoms with Gasteiger partial charge in [-0.1, -0.05) is 0 Å². The Morgan fingerprint density at radius 3 is 1.90 bits per heavy atom. The van der Waals surface area contributed by atoms with Crippen molar-refractivity contribution in [1.29, 1.82) is 0 Å². The highest BCUT2D eigenvalue weighted by molar-refractivity contribution is 5.69. The fraction of sp³-hybridized carbons (Fsp3) is 0.895. The van der Waals surface area contributed by atoms with E-state index in [1.165, 1.54) is 14.2 Å². The average molecular weight is 421 g/mol. The lowest BCUT2D eigenvalue weighted by Crippen LogP contribution is -2.40. The van der Waals surface area contributed by atoms with Crippen molar-refractivity contribution in [3.05, 3.63) is 0 Å². The molecule has 0 aromatic rings. The van der Waals surface area contributed by atoms with Gasteiger partial charge in [0.1, 0.15) is 0 Å². The van der Waals surface area contributed by atoms with Crippen molar-refractivity contribution in [2.75, 3.05) is 79.7 Å². The van der Waals surface area contributed by atoms with Crippen molar-refractivity contribution in [2.24, 2.45) is 5.73 Å². The fourth-order valence-corrected chi connectivity index (χ4v) is 2.72. The van der Waals surface area contributed by atoms with Crippen LogP contribution >= 0.6 is 0 Å². The van der Waals surface area contributed by atoms with Crippen molar-refractivity contribution < 1.29 is 28.9 Å². The number of aliphatic hydroxyl groups is 1. The van der Waals surface area contributed by atoms with Crippen LogP contribution in [0.5, 0.6) is 0 Å². The summed E-state index contributed by atoms with van der Waals surface area (Å²) in [6.45, 7) is 8.35. The maximum Gasteiger partial charge on any atom is 0.306 e. The lowest BCUT2D eigenvalue weighted by Gasteiger charge is -2.24. The topological polar surface area (TPSA) is 127 Å². The van der Waals surface area contributed by atoms with Gasteiger partial charge in [-0.25, -0.2) is 0 Å². The van der Waals surface area contributed by atoms with Gasteiger partial charge in [0, 0.05) is 71.9 Å². The van der Waals surface area contributed by atoms with E-state index in [-0.39, 0.29) is 11.9 Å². The molecule has 172 valence electrons. The minimum Gasteiger partial charge on any atom is -0.469 e. The van der Waals surface area contributed by atoms with E-state index in [1.807, 2.05) is 6.92 Å². The molecule has 29 heavy (non-hydrogen) atoms. The zero-order valence-electron chi connectivity index (χ0n) is 18.2. The first kappa shape index (κ1) is 27.7. The number of carbonyl (C=O) groups is 2. The smallest absolute Gasteiger partial charge is 0.306 e. The van der Waals surface area contributed by atoms with E-state index in [0.29, 0.717) is 52.0 Å². The van der Waals surface area contributed by atoms with Gasteiger partial charge in [0.25, 0.3) is 0 Å². The normalized spacial score (nSPS) is 12.4. The lowest BCUT2D eigenvalue weighted by atomic mass is 10.3. The van der Waals surface area contributed by atoms with Gasteiger partial charge in [0.15, 0.2) is 6.29 Å². The first-order valence-corrected chi connectivity index (χ1v) is 10.3. The number of hydrogen-bond acceptors (Lipinski definition) is 10. The number of nitrogens with one attached hydrogen (secondary N) is 1. The summed E-state index contributed by atoms with van der Waals surface area (Å²) < 4.78 is 14.5. The third-order valence-electron chi connectivity index (χ3n) is 4.43. The van der Waals surface area contributed by atoms with E-state index in [1.54, 1.807) is 0 Å². The average Bonchev–Trinajstić information content (AvgIpc) is 2.72. The zero-order chi connectivity index (χ0) is 21.9. The highest BCUT2D eigenvalue weighted by Gasteiger charge is 2.12. The molecule has 0 spiro atoms. The summed E-state index contributed by atoms with van der Waals surface area (Å²) in [7, 11) is 2.76. The third kappa shape index (κ3) is 16.2. The zero-order valence-corrected chi connectivity index (χ0v) is 18.2. The molecule has 0 saturated heterocycles. The largest absolute Gasteiger partial charge is 0.469 e. The Hall–Kier alpha value is -1.30. The Bertz CT molecular complexity index is 428. The maximum absolute atomic E-state index is 11.4. The molecule has 0 aliphatic rings. The number of aliphatic hydroxyl groups excluding tert-OH is 1. The van der Waals surface area contributed by atoms with Crippen LogP contribution in [0.2, 0.25) is 0 Å². The second-order valence-corrected chi connectivity index (χ2v) is 6.57. The van der Waals surface area contributed by atoms with Crippen LogP contribution in [0, 0.1) is 0 Å². The molecule has 4 N–H and O–H groups in total. The summed E-state index contributed by atoms with van der Waals surface area (Å²) >= 11 is 0. The number of ether oxygens (including phenoxy) is 3. The number of esters is 2. The molecule has 0 heterocycles. The van der Waals surface area contributed by atoms with E-state index in [9.17, 15) is 14.7 Å². The van der Waals surface area contributed by atoms with Crippen molar-refractivity contribution in [3.63, 3.8) is 0 Å². The van der Waals surface area contributed by atoms with Crippen LogP contribution in [0.3, 0.4) is 0 Å². The second kappa shape index (κ2) is 18.7.